The fourth-order valence-electron chi connectivity index (χ4n) is 3.43. The minimum absolute atomic E-state index is 0.120. The van der Waals surface area contributed by atoms with Gasteiger partial charge in [-0.1, -0.05) is 20.8 Å². The van der Waals surface area contributed by atoms with Gasteiger partial charge in [-0.2, -0.15) is 0 Å². The third-order valence-corrected chi connectivity index (χ3v) is 4.78. The molecule has 2 rings (SSSR count). The van der Waals surface area contributed by atoms with Crippen molar-refractivity contribution in [2.45, 2.75) is 65.5 Å². The molecule has 0 aliphatic heterocycles. The number of nitrogens with zero attached hydrogens (tertiary/aromatic N) is 2. The van der Waals surface area contributed by atoms with E-state index in [2.05, 4.69) is 36.5 Å². The SMILES string of the molecule is CCCn1ccnc1C(N)C1CCC(C(C)C)CC1. The van der Waals surface area contributed by atoms with E-state index in [1.54, 1.807) is 0 Å². The third-order valence-electron chi connectivity index (χ3n) is 4.78. The zero-order chi connectivity index (χ0) is 13.8. The van der Waals surface area contributed by atoms with E-state index in [1.807, 2.05) is 6.20 Å². The summed E-state index contributed by atoms with van der Waals surface area (Å²) < 4.78 is 2.24. The minimum Gasteiger partial charge on any atom is -0.334 e. The van der Waals surface area contributed by atoms with Gasteiger partial charge in [0, 0.05) is 18.9 Å². The van der Waals surface area contributed by atoms with Crippen LogP contribution in [0.3, 0.4) is 0 Å². The van der Waals surface area contributed by atoms with Gasteiger partial charge in [-0.15, -0.1) is 0 Å². The van der Waals surface area contributed by atoms with E-state index < -0.39 is 0 Å². The number of aromatic nitrogens is 2. The second-order valence-corrected chi connectivity index (χ2v) is 6.42. The lowest BCUT2D eigenvalue weighted by molar-refractivity contribution is 0.199. The molecule has 0 spiro atoms. The predicted octanol–water partition coefficient (Wildman–Crippen LogP) is 3.76. The van der Waals surface area contributed by atoms with Crippen LogP contribution < -0.4 is 5.73 Å². The van der Waals surface area contributed by atoms with Gasteiger partial charge in [0.1, 0.15) is 5.82 Å². The van der Waals surface area contributed by atoms with E-state index in [1.165, 1.54) is 25.7 Å². The maximum absolute atomic E-state index is 6.48. The molecule has 0 bridgehead atoms. The highest BCUT2D eigenvalue weighted by atomic mass is 15.1. The van der Waals surface area contributed by atoms with Gasteiger partial charge in [0.05, 0.1) is 6.04 Å². The molecule has 2 N–H and O–H groups in total. The number of aryl methyl sites for hydroxylation is 1. The van der Waals surface area contributed by atoms with E-state index in [-0.39, 0.29) is 6.04 Å². The molecule has 19 heavy (non-hydrogen) atoms. The summed E-state index contributed by atoms with van der Waals surface area (Å²) in [7, 11) is 0. The van der Waals surface area contributed by atoms with Crippen LogP contribution in [-0.2, 0) is 6.54 Å². The lowest BCUT2D eigenvalue weighted by Crippen LogP contribution is -2.29. The van der Waals surface area contributed by atoms with Gasteiger partial charge < -0.3 is 10.3 Å². The normalized spacial score (nSPS) is 25.7. The van der Waals surface area contributed by atoms with E-state index in [0.29, 0.717) is 5.92 Å². The van der Waals surface area contributed by atoms with Crippen LogP contribution in [0.2, 0.25) is 0 Å². The summed E-state index contributed by atoms with van der Waals surface area (Å²) in [6.45, 7) is 7.92. The Bertz CT molecular complexity index is 375. The summed E-state index contributed by atoms with van der Waals surface area (Å²) in [5, 5.41) is 0. The Balaban J connectivity index is 1.97. The smallest absolute Gasteiger partial charge is 0.125 e. The van der Waals surface area contributed by atoms with E-state index >= 15 is 0 Å². The molecule has 0 saturated heterocycles. The first-order chi connectivity index (χ1) is 9.13. The van der Waals surface area contributed by atoms with Gasteiger partial charge in [0.25, 0.3) is 0 Å². The van der Waals surface area contributed by atoms with Crippen LogP contribution in [0.1, 0.15) is 64.7 Å². The van der Waals surface area contributed by atoms with Crippen LogP contribution in [0.5, 0.6) is 0 Å². The number of hydrogen-bond donors (Lipinski definition) is 1. The number of rotatable bonds is 5. The van der Waals surface area contributed by atoms with E-state index in [9.17, 15) is 0 Å². The third kappa shape index (κ3) is 3.38. The molecule has 1 unspecified atom stereocenters. The molecule has 0 radical (unpaired) electrons. The van der Waals surface area contributed by atoms with E-state index in [0.717, 1.165) is 30.6 Å². The minimum atomic E-state index is 0.120. The summed E-state index contributed by atoms with van der Waals surface area (Å²) in [5.41, 5.74) is 6.48. The predicted molar refractivity (Wildman–Crippen MR) is 79.7 cm³/mol. The van der Waals surface area contributed by atoms with Crippen LogP contribution in [0.4, 0.5) is 0 Å². The molecule has 1 aromatic heterocycles. The molecule has 3 nitrogen and oxygen atoms in total. The van der Waals surface area contributed by atoms with E-state index in [4.69, 9.17) is 5.73 Å². The fraction of sp³-hybridized carbons (Fsp3) is 0.812. The number of nitrogens with two attached hydrogens (primary N) is 1. The monoisotopic (exact) mass is 263 g/mol. The van der Waals surface area contributed by atoms with Crippen molar-refractivity contribution in [1.29, 1.82) is 0 Å². The van der Waals surface area contributed by atoms with Crippen LogP contribution in [-0.4, -0.2) is 9.55 Å². The first-order valence-electron chi connectivity index (χ1n) is 7.90. The van der Waals surface area contributed by atoms with Crippen molar-refractivity contribution in [1.82, 2.24) is 9.55 Å². The Morgan fingerprint density at radius 2 is 1.89 bits per heavy atom. The molecule has 1 saturated carbocycles. The van der Waals surface area contributed by atoms with Gasteiger partial charge in [-0.3, -0.25) is 0 Å². The molecular weight excluding hydrogens is 234 g/mol. The second kappa shape index (κ2) is 6.56. The largest absolute Gasteiger partial charge is 0.334 e. The van der Waals surface area contributed by atoms with Crippen LogP contribution in [0.25, 0.3) is 0 Å². The van der Waals surface area contributed by atoms with Gasteiger partial charge in [-0.25, -0.2) is 4.98 Å². The molecule has 108 valence electrons. The molecule has 1 aliphatic carbocycles. The molecule has 1 aromatic rings. The zero-order valence-corrected chi connectivity index (χ0v) is 12.7. The Morgan fingerprint density at radius 1 is 1.26 bits per heavy atom. The topological polar surface area (TPSA) is 43.8 Å². The summed E-state index contributed by atoms with van der Waals surface area (Å²) in [4.78, 5) is 4.50. The van der Waals surface area contributed by atoms with Crippen LogP contribution >= 0.6 is 0 Å². The van der Waals surface area contributed by atoms with Crippen molar-refractivity contribution in [3.8, 4) is 0 Å². The maximum Gasteiger partial charge on any atom is 0.125 e. The average molecular weight is 263 g/mol. The van der Waals surface area contributed by atoms with Crippen molar-refractivity contribution in [2.24, 2.45) is 23.5 Å². The lowest BCUT2D eigenvalue weighted by atomic mass is 9.74. The lowest BCUT2D eigenvalue weighted by Gasteiger charge is -2.33. The molecular formula is C16H29N3. The second-order valence-electron chi connectivity index (χ2n) is 6.42. The quantitative estimate of drug-likeness (QED) is 0.879. The maximum atomic E-state index is 6.48. The molecule has 1 fully saturated rings. The van der Waals surface area contributed by atoms with Gasteiger partial charge in [-0.05, 0) is 49.9 Å². The Hall–Kier alpha value is -0.830. The summed E-state index contributed by atoms with van der Waals surface area (Å²) in [6.07, 6.45) is 10.3. The molecule has 1 atom stereocenters. The number of imidazole rings is 1. The van der Waals surface area contributed by atoms with Gasteiger partial charge >= 0.3 is 0 Å². The zero-order valence-electron chi connectivity index (χ0n) is 12.7. The molecule has 0 aromatic carbocycles. The standard InChI is InChI=1S/C16H29N3/c1-4-10-19-11-9-18-16(19)15(17)14-7-5-13(6-8-14)12(2)3/h9,11-15H,4-8,10,17H2,1-3H3. The van der Waals surface area contributed by atoms with Crippen LogP contribution in [0, 0.1) is 17.8 Å². The van der Waals surface area contributed by atoms with Crippen molar-refractivity contribution in [2.75, 3.05) is 0 Å². The first kappa shape index (κ1) is 14.6. The number of hydrogen-bond acceptors (Lipinski definition) is 2. The van der Waals surface area contributed by atoms with Crippen molar-refractivity contribution >= 4 is 0 Å². The fourth-order valence-corrected chi connectivity index (χ4v) is 3.43. The highest BCUT2D eigenvalue weighted by Crippen LogP contribution is 2.38. The Kier molecular flexibility index (Phi) is 5.03. The Labute approximate surface area is 117 Å². The van der Waals surface area contributed by atoms with Crippen molar-refractivity contribution in [3.05, 3.63) is 18.2 Å². The average Bonchev–Trinajstić information content (AvgIpc) is 2.87. The highest BCUT2D eigenvalue weighted by molar-refractivity contribution is 5.01. The van der Waals surface area contributed by atoms with Crippen molar-refractivity contribution in [3.63, 3.8) is 0 Å². The van der Waals surface area contributed by atoms with Gasteiger partial charge in [0.15, 0.2) is 0 Å². The molecule has 1 heterocycles. The molecule has 1 aliphatic rings. The molecule has 0 amide bonds. The molecule has 3 heteroatoms. The van der Waals surface area contributed by atoms with Crippen molar-refractivity contribution < 1.29 is 0 Å². The van der Waals surface area contributed by atoms with Crippen LogP contribution in [0.15, 0.2) is 12.4 Å². The summed E-state index contributed by atoms with van der Waals surface area (Å²) in [5.74, 6) is 3.43. The highest BCUT2D eigenvalue weighted by Gasteiger charge is 2.29. The first-order valence-corrected chi connectivity index (χ1v) is 7.90. The Morgan fingerprint density at radius 3 is 2.47 bits per heavy atom. The summed E-state index contributed by atoms with van der Waals surface area (Å²) in [6, 6.07) is 0.120. The van der Waals surface area contributed by atoms with Gasteiger partial charge in [0.2, 0.25) is 0 Å². The summed E-state index contributed by atoms with van der Waals surface area (Å²) >= 11 is 0.